The Hall–Kier alpha value is -0.443. The van der Waals surface area contributed by atoms with Crippen molar-refractivity contribution >= 4 is 9.12 Å². The van der Waals surface area contributed by atoms with E-state index < -0.39 is 9.12 Å². The van der Waals surface area contributed by atoms with Gasteiger partial charge in [-0.1, -0.05) is 6.92 Å². The van der Waals surface area contributed by atoms with Crippen molar-refractivity contribution in [3.63, 3.8) is 0 Å². The molecule has 3 heteroatoms. The summed E-state index contributed by atoms with van der Waals surface area (Å²) in [6, 6.07) is 1.29. The van der Waals surface area contributed by atoms with Crippen molar-refractivity contribution in [2.45, 2.75) is 65.6 Å². The molecule has 0 atom stereocenters. The van der Waals surface area contributed by atoms with Crippen LogP contribution >= 0.6 is 0 Å². The van der Waals surface area contributed by atoms with Crippen molar-refractivity contribution in [2.24, 2.45) is 0 Å². The van der Waals surface area contributed by atoms with Gasteiger partial charge in [-0.2, -0.15) is 0 Å². The van der Waals surface area contributed by atoms with Crippen LogP contribution in [0.15, 0.2) is 12.4 Å². The van der Waals surface area contributed by atoms with Crippen LogP contribution in [0.4, 0.5) is 0 Å². The molecule has 0 fully saturated rings. The zero-order chi connectivity index (χ0) is 11.9. The minimum Gasteiger partial charge on any atom is -0.383 e. The maximum atomic E-state index is 2.60. The summed E-state index contributed by atoms with van der Waals surface area (Å²) < 4.78 is 5.19. The average Bonchev–Trinajstić information content (AvgIpc) is 2.43. The van der Waals surface area contributed by atoms with E-state index in [4.69, 9.17) is 0 Å². The Morgan fingerprint density at radius 3 is 1.40 bits per heavy atom. The molecule has 0 aromatic heterocycles. The number of rotatable bonds is 1. The lowest BCUT2D eigenvalue weighted by Crippen LogP contribution is -2.55. The average molecular weight is 226 g/mol. The molecule has 0 saturated heterocycles. The van der Waals surface area contributed by atoms with Crippen LogP contribution in [0, 0.1) is 0 Å². The molecule has 0 bridgehead atoms. The van der Waals surface area contributed by atoms with E-state index in [1.54, 1.807) is 0 Å². The van der Waals surface area contributed by atoms with Crippen LogP contribution in [0.1, 0.15) is 48.5 Å². The molecule has 88 valence electrons. The van der Waals surface area contributed by atoms with Gasteiger partial charge in [0.2, 0.25) is 9.12 Å². The zero-order valence-corrected chi connectivity index (χ0v) is 12.5. The summed E-state index contributed by atoms with van der Waals surface area (Å²) in [7, 11) is -0.985. The lowest BCUT2D eigenvalue weighted by Gasteiger charge is -2.44. The van der Waals surface area contributed by atoms with Gasteiger partial charge in [-0.15, -0.1) is 0 Å². The van der Waals surface area contributed by atoms with E-state index in [1.165, 1.54) is 6.04 Å². The number of hydrogen-bond donors (Lipinski definition) is 0. The SMILES string of the molecule is CC[SiH]1N(C(C)(C)C)C=CN1C(C)(C)C. The highest BCUT2D eigenvalue weighted by molar-refractivity contribution is 6.54. The Morgan fingerprint density at radius 1 is 0.867 bits per heavy atom. The zero-order valence-electron chi connectivity index (χ0n) is 11.3. The standard InChI is InChI=1S/C12H26N2Si/c1-8-15-13(11(2,3)4)9-10-14(15)12(5,6)7/h9-10,15H,8H2,1-7H3. The molecule has 1 heterocycles. The highest BCUT2D eigenvalue weighted by Crippen LogP contribution is 2.29. The minimum atomic E-state index is -0.985. The van der Waals surface area contributed by atoms with Gasteiger partial charge >= 0.3 is 0 Å². The van der Waals surface area contributed by atoms with Crippen LogP contribution in [0.25, 0.3) is 0 Å². The molecule has 0 aliphatic carbocycles. The lowest BCUT2D eigenvalue weighted by molar-refractivity contribution is 0.280. The first-order chi connectivity index (χ1) is 6.68. The van der Waals surface area contributed by atoms with E-state index in [2.05, 4.69) is 70.0 Å². The first-order valence-electron chi connectivity index (χ1n) is 5.93. The van der Waals surface area contributed by atoms with Gasteiger partial charge in [-0.25, -0.2) is 0 Å². The molecule has 15 heavy (non-hydrogen) atoms. The summed E-state index contributed by atoms with van der Waals surface area (Å²) in [6.45, 7) is 16.1. The summed E-state index contributed by atoms with van der Waals surface area (Å²) in [5.74, 6) is 0. The third kappa shape index (κ3) is 2.57. The van der Waals surface area contributed by atoms with E-state index >= 15 is 0 Å². The first-order valence-corrected chi connectivity index (χ1v) is 7.78. The molecule has 0 amide bonds. The van der Waals surface area contributed by atoms with Crippen LogP contribution in [-0.4, -0.2) is 29.3 Å². The molecule has 1 rings (SSSR count). The van der Waals surface area contributed by atoms with Crippen LogP contribution in [0.3, 0.4) is 0 Å². The summed E-state index contributed by atoms with van der Waals surface area (Å²) in [4.78, 5) is 0. The molecule has 0 aromatic rings. The highest BCUT2D eigenvalue weighted by atomic mass is 28.3. The lowest BCUT2D eigenvalue weighted by atomic mass is 10.1. The maximum Gasteiger partial charge on any atom is 0.247 e. The third-order valence-corrected chi connectivity index (χ3v) is 6.85. The minimum absolute atomic E-state index is 0.267. The summed E-state index contributed by atoms with van der Waals surface area (Å²) in [6.07, 6.45) is 4.59. The second-order valence-electron chi connectivity index (χ2n) is 6.34. The Bertz CT molecular complexity index is 223. The Kier molecular flexibility index (Phi) is 3.24. The second kappa shape index (κ2) is 3.85. The van der Waals surface area contributed by atoms with Gasteiger partial charge in [0.15, 0.2) is 0 Å². The largest absolute Gasteiger partial charge is 0.383 e. The Labute approximate surface area is 96.7 Å². The predicted molar refractivity (Wildman–Crippen MR) is 70.0 cm³/mol. The molecule has 0 N–H and O–H groups in total. The van der Waals surface area contributed by atoms with Crippen molar-refractivity contribution in [1.29, 1.82) is 0 Å². The molecule has 0 spiro atoms. The van der Waals surface area contributed by atoms with Crippen molar-refractivity contribution in [3.8, 4) is 0 Å². The fraction of sp³-hybridized carbons (Fsp3) is 0.833. The molecule has 1 aliphatic heterocycles. The van der Waals surface area contributed by atoms with E-state index in [9.17, 15) is 0 Å². The van der Waals surface area contributed by atoms with Gasteiger partial charge in [-0.3, -0.25) is 0 Å². The monoisotopic (exact) mass is 226 g/mol. The van der Waals surface area contributed by atoms with Crippen molar-refractivity contribution in [2.75, 3.05) is 0 Å². The molecule has 0 radical (unpaired) electrons. The fourth-order valence-corrected chi connectivity index (χ4v) is 5.61. The van der Waals surface area contributed by atoms with Gasteiger partial charge in [0.05, 0.1) is 0 Å². The van der Waals surface area contributed by atoms with Crippen molar-refractivity contribution in [3.05, 3.63) is 12.4 Å². The van der Waals surface area contributed by atoms with E-state index in [0.29, 0.717) is 0 Å². The summed E-state index contributed by atoms with van der Waals surface area (Å²) >= 11 is 0. The van der Waals surface area contributed by atoms with E-state index in [1.807, 2.05) is 0 Å². The molecule has 2 nitrogen and oxygen atoms in total. The smallest absolute Gasteiger partial charge is 0.247 e. The normalized spacial score (nSPS) is 19.1. The van der Waals surface area contributed by atoms with Crippen molar-refractivity contribution in [1.82, 2.24) is 9.13 Å². The maximum absolute atomic E-state index is 2.60. The number of nitrogens with zero attached hydrogens (tertiary/aromatic N) is 2. The van der Waals surface area contributed by atoms with Gasteiger partial charge < -0.3 is 9.13 Å². The fourth-order valence-electron chi connectivity index (χ4n) is 2.21. The van der Waals surface area contributed by atoms with Crippen LogP contribution in [-0.2, 0) is 0 Å². The van der Waals surface area contributed by atoms with Crippen LogP contribution in [0.5, 0.6) is 0 Å². The molecule has 0 aromatic carbocycles. The van der Waals surface area contributed by atoms with Crippen LogP contribution in [0.2, 0.25) is 6.04 Å². The molecule has 1 aliphatic rings. The van der Waals surface area contributed by atoms with E-state index in [0.717, 1.165) is 0 Å². The topological polar surface area (TPSA) is 6.48 Å². The quantitative estimate of drug-likeness (QED) is 0.634. The van der Waals surface area contributed by atoms with Gasteiger partial charge in [-0.05, 0) is 47.6 Å². The molecule has 0 saturated carbocycles. The second-order valence-corrected chi connectivity index (χ2v) is 9.23. The summed E-state index contributed by atoms with van der Waals surface area (Å²) in [5.41, 5.74) is 0.535. The summed E-state index contributed by atoms with van der Waals surface area (Å²) in [5, 5.41) is 0. The third-order valence-electron chi connectivity index (χ3n) is 2.94. The molecular formula is C12H26N2Si. The first kappa shape index (κ1) is 12.6. The van der Waals surface area contributed by atoms with E-state index in [-0.39, 0.29) is 11.1 Å². The molecular weight excluding hydrogens is 200 g/mol. The predicted octanol–water partition coefficient (Wildman–Crippen LogP) is 2.91. The van der Waals surface area contributed by atoms with Gasteiger partial charge in [0, 0.05) is 23.5 Å². The Balaban J connectivity index is 2.89. The van der Waals surface area contributed by atoms with Gasteiger partial charge in [0.1, 0.15) is 0 Å². The molecule has 0 unspecified atom stereocenters. The van der Waals surface area contributed by atoms with Crippen molar-refractivity contribution < 1.29 is 0 Å². The number of hydrogen-bond acceptors (Lipinski definition) is 2. The van der Waals surface area contributed by atoms with Gasteiger partial charge in [0.25, 0.3) is 0 Å². The highest BCUT2D eigenvalue weighted by Gasteiger charge is 2.38. The Morgan fingerprint density at radius 2 is 1.20 bits per heavy atom. The van der Waals surface area contributed by atoms with Crippen LogP contribution < -0.4 is 0 Å².